The van der Waals surface area contributed by atoms with Gasteiger partial charge >= 0.3 is 0 Å². The smallest absolute Gasteiger partial charge is 0.243 e. The number of amides is 3. The van der Waals surface area contributed by atoms with E-state index in [1.165, 1.54) is 0 Å². The fourth-order valence-corrected chi connectivity index (χ4v) is 4.85. The zero-order chi connectivity index (χ0) is 29.8. The topological polar surface area (TPSA) is 158 Å². The molecule has 0 bridgehead atoms. The molecule has 0 saturated carbocycles. The van der Waals surface area contributed by atoms with Crippen molar-refractivity contribution in [3.8, 4) is 5.75 Å². The average molecular weight is 585 g/mol. The molecular formula is C30H41ClN6O4. The molecule has 1 heterocycles. The molecule has 2 aromatic carbocycles. The Hall–Kier alpha value is -3.63. The van der Waals surface area contributed by atoms with E-state index >= 15 is 0 Å². The summed E-state index contributed by atoms with van der Waals surface area (Å²) in [4.78, 5) is 40.0. The number of nitrogens with one attached hydrogen (secondary N) is 5. The van der Waals surface area contributed by atoms with Crippen molar-refractivity contribution in [2.24, 2.45) is 11.7 Å². The van der Waals surface area contributed by atoms with E-state index in [2.05, 4.69) is 21.3 Å². The van der Waals surface area contributed by atoms with Crippen LogP contribution < -0.4 is 31.7 Å². The first kappa shape index (κ1) is 31.9. The van der Waals surface area contributed by atoms with Gasteiger partial charge in [-0.3, -0.25) is 19.8 Å². The largest absolute Gasteiger partial charge is 0.492 e. The summed E-state index contributed by atoms with van der Waals surface area (Å²) in [5.41, 5.74) is 7.42. The number of benzene rings is 2. The van der Waals surface area contributed by atoms with Gasteiger partial charge in [0.25, 0.3) is 0 Å². The minimum Gasteiger partial charge on any atom is -0.492 e. The first-order chi connectivity index (χ1) is 19.6. The molecule has 0 unspecified atom stereocenters. The zero-order valence-electron chi connectivity index (χ0n) is 23.7. The molecule has 222 valence electrons. The van der Waals surface area contributed by atoms with Crippen LogP contribution in [0.15, 0.2) is 48.5 Å². The van der Waals surface area contributed by atoms with Crippen molar-refractivity contribution in [1.82, 2.24) is 21.3 Å². The van der Waals surface area contributed by atoms with Crippen LogP contribution in [0, 0.1) is 11.3 Å². The van der Waals surface area contributed by atoms with Gasteiger partial charge < -0.3 is 31.7 Å². The summed E-state index contributed by atoms with van der Waals surface area (Å²) in [7, 11) is 0. The van der Waals surface area contributed by atoms with Crippen LogP contribution >= 0.6 is 11.6 Å². The van der Waals surface area contributed by atoms with E-state index in [-0.39, 0.29) is 36.4 Å². The van der Waals surface area contributed by atoms with E-state index in [9.17, 15) is 14.4 Å². The molecule has 0 aliphatic carbocycles. The van der Waals surface area contributed by atoms with Crippen LogP contribution in [0.25, 0.3) is 0 Å². The summed E-state index contributed by atoms with van der Waals surface area (Å²) in [6.45, 7) is 4.78. The number of halogens is 1. The van der Waals surface area contributed by atoms with Crippen LogP contribution in [-0.2, 0) is 27.2 Å². The summed E-state index contributed by atoms with van der Waals surface area (Å²) in [6, 6.07) is 12.6. The minimum absolute atomic E-state index is 0.0771. The summed E-state index contributed by atoms with van der Waals surface area (Å²) in [5, 5.41) is 20.0. The highest BCUT2D eigenvalue weighted by atomic mass is 35.5. The molecule has 0 spiro atoms. The Morgan fingerprint density at radius 3 is 2.54 bits per heavy atom. The molecule has 3 atom stereocenters. The van der Waals surface area contributed by atoms with E-state index in [0.29, 0.717) is 44.0 Å². The van der Waals surface area contributed by atoms with E-state index < -0.39 is 24.0 Å². The van der Waals surface area contributed by atoms with Crippen molar-refractivity contribution in [3.05, 3.63) is 64.7 Å². The van der Waals surface area contributed by atoms with Gasteiger partial charge in [-0.05, 0) is 60.9 Å². The van der Waals surface area contributed by atoms with Crippen molar-refractivity contribution in [3.63, 3.8) is 0 Å². The van der Waals surface area contributed by atoms with Gasteiger partial charge in [0.1, 0.15) is 24.4 Å². The van der Waals surface area contributed by atoms with Crippen LogP contribution in [0.3, 0.4) is 0 Å². The number of hydrogen-bond donors (Lipinski definition) is 6. The molecule has 2 aromatic rings. The van der Waals surface area contributed by atoms with Crippen molar-refractivity contribution >= 4 is 35.2 Å². The van der Waals surface area contributed by atoms with Crippen LogP contribution in [0.1, 0.15) is 44.2 Å². The van der Waals surface area contributed by atoms with Crippen LogP contribution in [0.4, 0.5) is 0 Å². The Labute approximate surface area is 246 Å². The number of rotatable bonds is 6. The normalized spacial score (nSPS) is 21.4. The van der Waals surface area contributed by atoms with Gasteiger partial charge in [0, 0.05) is 24.5 Å². The van der Waals surface area contributed by atoms with Crippen molar-refractivity contribution < 1.29 is 19.1 Å². The highest BCUT2D eigenvalue weighted by molar-refractivity contribution is 6.30. The fraction of sp³-hybridized carbons (Fsp3) is 0.467. The molecule has 7 N–H and O–H groups in total. The SMILES string of the molecule is CC(C)[C@H]1NC(=O)[C@@H](Cc2cccc(Cl)c2)NCCOc2ccccc2CCCNC(=O)[C@H](CCC(=N)N)NC1=O. The molecule has 1 aliphatic rings. The van der Waals surface area contributed by atoms with Gasteiger partial charge in [-0.1, -0.05) is 55.8 Å². The molecule has 0 radical (unpaired) electrons. The predicted molar refractivity (Wildman–Crippen MR) is 160 cm³/mol. The molecule has 10 nitrogen and oxygen atoms in total. The molecule has 1 aliphatic heterocycles. The third-order valence-corrected chi connectivity index (χ3v) is 7.11. The standard InChI is InChI=1S/C30H41ClN6O4/c1-19(2)27-30(40)36-23(12-13-26(32)33)28(38)35-14-6-9-21-8-3-4-11-25(21)41-16-15-34-24(29(39)37-27)18-20-7-5-10-22(31)17-20/h3-5,7-8,10-11,17,19,23-24,27,34H,6,9,12-16,18H2,1-2H3,(H3,32,33)(H,35,38)(H,36,40)(H,37,39)/t23-,24+,27+/m0/s1. The maximum atomic E-state index is 13.6. The number of aryl methyl sites for hydroxylation is 1. The molecule has 0 saturated heterocycles. The van der Waals surface area contributed by atoms with Crippen LogP contribution in [0.5, 0.6) is 5.75 Å². The van der Waals surface area contributed by atoms with E-state index in [1.807, 2.05) is 50.2 Å². The maximum Gasteiger partial charge on any atom is 0.243 e. The van der Waals surface area contributed by atoms with Crippen LogP contribution in [0.2, 0.25) is 5.02 Å². The lowest BCUT2D eigenvalue weighted by Crippen LogP contribution is -2.58. The number of para-hydroxylation sites is 1. The average Bonchev–Trinajstić information content (AvgIpc) is 2.93. The van der Waals surface area contributed by atoms with Crippen molar-refractivity contribution in [1.29, 1.82) is 5.41 Å². The lowest BCUT2D eigenvalue weighted by Gasteiger charge is -2.27. The zero-order valence-corrected chi connectivity index (χ0v) is 24.4. The van der Waals surface area contributed by atoms with E-state index in [0.717, 1.165) is 16.9 Å². The Morgan fingerprint density at radius 1 is 1.02 bits per heavy atom. The number of ether oxygens (including phenoxy) is 1. The van der Waals surface area contributed by atoms with Crippen LogP contribution in [-0.4, -0.2) is 61.4 Å². The second kappa shape index (κ2) is 16.0. The second-order valence-electron chi connectivity index (χ2n) is 10.5. The third-order valence-electron chi connectivity index (χ3n) is 6.87. The number of fused-ring (bicyclic) bond motifs is 1. The highest BCUT2D eigenvalue weighted by Gasteiger charge is 2.31. The molecule has 3 amide bonds. The number of amidine groups is 1. The van der Waals surface area contributed by atoms with Gasteiger partial charge in [0.2, 0.25) is 17.7 Å². The maximum absolute atomic E-state index is 13.6. The fourth-order valence-electron chi connectivity index (χ4n) is 4.64. The molecule has 41 heavy (non-hydrogen) atoms. The van der Waals surface area contributed by atoms with Crippen molar-refractivity contribution in [2.75, 3.05) is 19.7 Å². The molecular weight excluding hydrogens is 544 g/mol. The molecule has 3 rings (SSSR count). The Morgan fingerprint density at radius 2 is 1.80 bits per heavy atom. The summed E-state index contributed by atoms with van der Waals surface area (Å²) >= 11 is 6.19. The second-order valence-corrected chi connectivity index (χ2v) is 11.0. The Bertz CT molecular complexity index is 1210. The number of carbonyl (C=O) groups is 3. The predicted octanol–water partition coefficient (Wildman–Crippen LogP) is 2.32. The summed E-state index contributed by atoms with van der Waals surface area (Å²) in [6.07, 6.45) is 2.02. The number of hydrogen-bond acceptors (Lipinski definition) is 6. The summed E-state index contributed by atoms with van der Waals surface area (Å²) < 4.78 is 6.06. The Kier molecular flexibility index (Phi) is 12.4. The first-order valence-corrected chi connectivity index (χ1v) is 14.4. The van der Waals surface area contributed by atoms with Gasteiger partial charge in [0.05, 0.1) is 11.9 Å². The minimum atomic E-state index is -0.903. The van der Waals surface area contributed by atoms with Gasteiger partial charge in [-0.15, -0.1) is 0 Å². The van der Waals surface area contributed by atoms with Gasteiger partial charge in [-0.25, -0.2) is 0 Å². The highest BCUT2D eigenvalue weighted by Crippen LogP contribution is 2.19. The molecule has 11 heteroatoms. The monoisotopic (exact) mass is 584 g/mol. The van der Waals surface area contributed by atoms with Gasteiger partial charge in [-0.2, -0.15) is 0 Å². The Balaban J connectivity index is 1.87. The lowest BCUT2D eigenvalue weighted by atomic mass is 10.00. The third kappa shape index (κ3) is 10.4. The van der Waals surface area contributed by atoms with E-state index in [4.69, 9.17) is 27.5 Å². The molecule has 0 fully saturated rings. The summed E-state index contributed by atoms with van der Waals surface area (Å²) in [5.74, 6) is -0.773. The van der Waals surface area contributed by atoms with E-state index in [1.54, 1.807) is 12.1 Å². The van der Waals surface area contributed by atoms with Gasteiger partial charge in [0.15, 0.2) is 0 Å². The first-order valence-electron chi connectivity index (χ1n) is 14.0. The molecule has 0 aromatic heterocycles. The number of carbonyl (C=O) groups excluding carboxylic acids is 3. The number of nitrogens with two attached hydrogens (primary N) is 1. The quantitative estimate of drug-likeness (QED) is 0.226. The van der Waals surface area contributed by atoms with Crippen molar-refractivity contribution in [2.45, 2.75) is 64.1 Å². The lowest BCUT2D eigenvalue weighted by molar-refractivity contribution is -0.133.